The predicted octanol–water partition coefficient (Wildman–Crippen LogP) is 6.95. The minimum atomic E-state index is -4.48. The Kier molecular flexibility index (Phi) is 6.40. The molecular weight excluding hydrogens is 507 g/mol. The summed E-state index contributed by atoms with van der Waals surface area (Å²) < 4.78 is 51.4. The third-order valence-electron chi connectivity index (χ3n) is 7.96. The second kappa shape index (κ2) is 9.77. The molecule has 6 rings (SSSR count). The number of nitrogens with zero attached hydrogens (tertiary/aromatic N) is 3. The summed E-state index contributed by atoms with van der Waals surface area (Å²) in [7, 11) is 1.64. The van der Waals surface area contributed by atoms with E-state index in [1.54, 1.807) is 25.0 Å². The molecule has 2 aromatic carbocycles. The van der Waals surface area contributed by atoms with E-state index in [0.29, 0.717) is 17.2 Å². The van der Waals surface area contributed by atoms with Gasteiger partial charge in [0.05, 0.1) is 31.0 Å². The molecule has 2 saturated heterocycles. The Hall–Kier alpha value is -3.75. The highest BCUT2D eigenvalue weighted by atomic mass is 19.4. The molecule has 0 spiro atoms. The number of carbonyl (C=O) groups excluding carboxylic acids is 1. The molecule has 3 heterocycles. The monoisotopic (exact) mass is 537 g/mol. The number of amides is 1. The third kappa shape index (κ3) is 4.90. The third-order valence-corrected chi connectivity index (χ3v) is 7.96. The highest BCUT2D eigenvalue weighted by Crippen LogP contribution is 2.44. The first kappa shape index (κ1) is 25.5. The lowest BCUT2D eigenvalue weighted by molar-refractivity contribution is -0.137. The number of rotatable bonds is 7. The minimum Gasteiger partial charge on any atom is -0.496 e. The van der Waals surface area contributed by atoms with Crippen LogP contribution in [-0.2, 0) is 17.5 Å². The predicted molar refractivity (Wildman–Crippen MR) is 141 cm³/mol. The van der Waals surface area contributed by atoms with Crippen LogP contribution in [0.1, 0.15) is 60.6 Å². The van der Waals surface area contributed by atoms with E-state index in [1.165, 1.54) is 24.5 Å². The van der Waals surface area contributed by atoms with Crippen LogP contribution >= 0.6 is 0 Å². The van der Waals surface area contributed by atoms with Gasteiger partial charge in [-0.05, 0) is 79.6 Å². The van der Waals surface area contributed by atoms with Gasteiger partial charge in [0.1, 0.15) is 17.7 Å². The van der Waals surface area contributed by atoms with Crippen molar-refractivity contribution >= 4 is 11.9 Å². The van der Waals surface area contributed by atoms with Crippen molar-refractivity contribution in [2.24, 2.45) is 0 Å². The smallest absolute Gasteiger partial charge is 0.416 e. The minimum absolute atomic E-state index is 0.156. The van der Waals surface area contributed by atoms with Gasteiger partial charge in [-0.1, -0.05) is 18.2 Å². The van der Waals surface area contributed by atoms with Gasteiger partial charge in [-0.2, -0.15) is 13.2 Å². The molecule has 3 fully saturated rings. The van der Waals surface area contributed by atoms with Crippen LogP contribution in [0.3, 0.4) is 0 Å². The number of halogens is 3. The first-order chi connectivity index (χ1) is 18.7. The SMILES string of the molecule is COc1ccc(C2CC2)cc1-c1ccc(N2CCC2)nc1CN1C(=O)O[C@H](c2cccc(C(F)(F)F)c2)[C@@H]1C. The molecule has 3 aromatic rings. The van der Waals surface area contributed by atoms with Crippen molar-refractivity contribution in [3.8, 4) is 16.9 Å². The maximum absolute atomic E-state index is 13.3. The first-order valence-electron chi connectivity index (χ1n) is 13.3. The van der Waals surface area contributed by atoms with E-state index in [0.717, 1.165) is 54.3 Å². The fourth-order valence-electron chi connectivity index (χ4n) is 5.40. The van der Waals surface area contributed by atoms with E-state index in [2.05, 4.69) is 17.0 Å². The summed E-state index contributed by atoms with van der Waals surface area (Å²) in [6, 6.07) is 14.7. The summed E-state index contributed by atoms with van der Waals surface area (Å²) in [5.41, 5.74) is 3.27. The average Bonchev–Trinajstić information content (AvgIpc) is 3.70. The summed E-state index contributed by atoms with van der Waals surface area (Å²) in [4.78, 5) is 21.8. The van der Waals surface area contributed by atoms with Crippen molar-refractivity contribution in [3.05, 3.63) is 77.0 Å². The molecular formula is C30H30F3N3O3. The number of aromatic nitrogens is 1. The first-order valence-corrected chi connectivity index (χ1v) is 13.3. The number of methoxy groups -OCH3 is 1. The van der Waals surface area contributed by atoms with E-state index in [-0.39, 0.29) is 6.54 Å². The number of ether oxygens (including phenoxy) is 2. The molecule has 0 radical (unpaired) electrons. The largest absolute Gasteiger partial charge is 0.496 e. The topological polar surface area (TPSA) is 54.9 Å². The van der Waals surface area contributed by atoms with Crippen molar-refractivity contribution in [3.63, 3.8) is 0 Å². The van der Waals surface area contributed by atoms with Gasteiger partial charge in [0.25, 0.3) is 0 Å². The zero-order valence-electron chi connectivity index (χ0n) is 21.9. The van der Waals surface area contributed by atoms with Crippen LogP contribution in [0.15, 0.2) is 54.6 Å². The maximum Gasteiger partial charge on any atom is 0.416 e. The van der Waals surface area contributed by atoms with Crippen LogP contribution < -0.4 is 9.64 Å². The number of anilines is 1. The van der Waals surface area contributed by atoms with Gasteiger partial charge in [0.15, 0.2) is 0 Å². The van der Waals surface area contributed by atoms with Gasteiger partial charge in [0.2, 0.25) is 0 Å². The second-order valence-electron chi connectivity index (χ2n) is 10.5. The summed E-state index contributed by atoms with van der Waals surface area (Å²) >= 11 is 0. The van der Waals surface area contributed by atoms with E-state index < -0.39 is 30.0 Å². The van der Waals surface area contributed by atoms with Crippen molar-refractivity contribution in [2.75, 3.05) is 25.1 Å². The molecule has 2 aliphatic heterocycles. The molecule has 1 saturated carbocycles. The molecule has 39 heavy (non-hydrogen) atoms. The zero-order chi connectivity index (χ0) is 27.3. The Balaban J connectivity index is 1.35. The van der Waals surface area contributed by atoms with Crippen LogP contribution in [0.4, 0.5) is 23.8 Å². The zero-order valence-corrected chi connectivity index (χ0v) is 21.9. The maximum atomic E-state index is 13.3. The lowest BCUT2D eigenvalue weighted by Gasteiger charge is -2.33. The van der Waals surface area contributed by atoms with E-state index in [4.69, 9.17) is 14.5 Å². The summed E-state index contributed by atoms with van der Waals surface area (Å²) in [6.07, 6.45) is -2.45. The number of hydrogen-bond acceptors (Lipinski definition) is 5. The Morgan fingerprint density at radius 3 is 2.49 bits per heavy atom. The molecule has 0 N–H and O–H groups in total. The standard InChI is InChI=1S/C30H30F3N3O3/c1-18-28(21-5-3-6-22(15-21)30(31,32)33)39-29(37)36(18)17-25-23(10-12-27(34-25)35-13-4-14-35)24-16-20(19-7-8-19)9-11-26(24)38-2/h3,5-6,9-12,15-16,18-19,28H,4,7-8,13-14,17H2,1-2H3/t18-,28-/m0/s1. The number of alkyl halides is 3. The molecule has 6 nitrogen and oxygen atoms in total. The Bertz CT molecular complexity index is 1400. The van der Waals surface area contributed by atoms with Crippen LogP contribution in [0.25, 0.3) is 11.1 Å². The van der Waals surface area contributed by atoms with Crippen molar-refractivity contribution in [2.45, 2.75) is 57.0 Å². The van der Waals surface area contributed by atoms with Gasteiger partial charge >= 0.3 is 12.3 Å². The summed E-state index contributed by atoms with van der Waals surface area (Å²) in [5, 5.41) is 0. The van der Waals surface area contributed by atoms with Crippen LogP contribution in [-0.4, -0.2) is 42.2 Å². The van der Waals surface area contributed by atoms with Crippen LogP contribution in [0.5, 0.6) is 5.75 Å². The van der Waals surface area contributed by atoms with E-state index in [9.17, 15) is 18.0 Å². The van der Waals surface area contributed by atoms with Gasteiger partial charge < -0.3 is 14.4 Å². The Labute approximate surface area is 225 Å². The molecule has 1 aromatic heterocycles. The second-order valence-corrected chi connectivity index (χ2v) is 10.5. The van der Waals surface area contributed by atoms with E-state index >= 15 is 0 Å². The molecule has 0 unspecified atom stereocenters. The summed E-state index contributed by atoms with van der Waals surface area (Å²) in [6.45, 7) is 3.80. The molecule has 9 heteroatoms. The molecule has 3 aliphatic rings. The fourth-order valence-corrected chi connectivity index (χ4v) is 5.40. The highest BCUT2D eigenvalue weighted by molar-refractivity contribution is 5.76. The molecule has 0 bridgehead atoms. The molecule has 204 valence electrons. The van der Waals surface area contributed by atoms with Gasteiger partial charge in [-0.25, -0.2) is 9.78 Å². The average molecular weight is 538 g/mol. The number of benzene rings is 2. The van der Waals surface area contributed by atoms with Crippen molar-refractivity contribution < 1.29 is 27.4 Å². The normalized spacial score (nSPS) is 21.1. The quantitative estimate of drug-likeness (QED) is 0.327. The molecule has 2 atom stereocenters. The van der Waals surface area contributed by atoms with Gasteiger partial charge in [-0.3, -0.25) is 4.90 Å². The van der Waals surface area contributed by atoms with Crippen molar-refractivity contribution in [1.82, 2.24) is 9.88 Å². The van der Waals surface area contributed by atoms with Crippen LogP contribution in [0, 0.1) is 0 Å². The lowest BCUT2D eigenvalue weighted by Crippen LogP contribution is -2.38. The number of pyridine rings is 1. The highest BCUT2D eigenvalue weighted by Gasteiger charge is 2.41. The van der Waals surface area contributed by atoms with Crippen LogP contribution in [0.2, 0.25) is 0 Å². The van der Waals surface area contributed by atoms with Gasteiger partial charge in [-0.15, -0.1) is 0 Å². The molecule has 1 amide bonds. The summed E-state index contributed by atoms with van der Waals surface area (Å²) in [5.74, 6) is 2.11. The molecule has 1 aliphatic carbocycles. The van der Waals surface area contributed by atoms with Crippen molar-refractivity contribution in [1.29, 1.82) is 0 Å². The fraction of sp³-hybridized carbons (Fsp3) is 0.400. The number of cyclic esters (lactones) is 1. The van der Waals surface area contributed by atoms with E-state index in [1.807, 2.05) is 18.2 Å². The lowest BCUT2D eigenvalue weighted by atomic mass is 9.97. The Morgan fingerprint density at radius 2 is 1.82 bits per heavy atom. The Morgan fingerprint density at radius 1 is 1.03 bits per heavy atom. The number of carbonyl (C=O) groups is 1. The number of hydrogen-bond donors (Lipinski definition) is 0. The van der Waals surface area contributed by atoms with Gasteiger partial charge in [0, 0.05) is 24.2 Å².